The first-order valence-electron chi connectivity index (χ1n) is 10.4. The molecule has 3 rings (SSSR count). The first-order valence-corrected chi connectivity index (χ1v) is 12.7. The number of methoxy groups -OCH3 is 1. The van der Waals surface area contributed by atoms with Crippen molar-refractivity contribution in [2.75, 3.05) is 25.5 Å². The van der Waals surface area contributed by atoms with E-state index in [0.29, 0.717) is 23.8 Å². The number of hydrogen-bond acceptors (Lipinski definition) is 6. The Bertz CT molecular complexity index is 1150. The molecule has 3 aromatic rings. The van der Waals surface area contributed by atoms with E-state index < -0.39 is 10.0 Å². The summed E-state index contributed by atoms with van der Waals surface area (Å²) in [5.41, 5.74) is 1.98. The molecule has 0 aliphatic rings. The van der Waals surface area contributed by atoms with Gasteiger partial charge in [0.15, 0.2) is 5.13 Å². The zero-order valence-corrected chi connectivity index (χ0v) is 20.0. The molecule has 0 aliphatic carbocycles. The van der Waals surface area contributed by atoms with Crippen LogP contribution in [0.5, 0.6) is 5.75 Å². The number of hydrogen-bond donors (Lipinski definition) is 1. The van der Waals surface area contributed by atoms with Gasteiger partial charge in [0, 0.05) is 29.6 Å². The van der Waals surface area contributed by atoms with Crippen molar-refractivity contribution in [2.24, 2.45) is 0 Å². The number of nitrogens with zero attached hydrogens (tertiary/aromatic N) is 2. The highest BCUT2D eigenvalue weighted by molar-refractivity contribution is 7.89. The fourth-order valence-electron chi connectivity index (χ4n) is 3.19. The largest absolute Gasteiger partial charge is 0.497 e. The average molecular weight is 474 g/mol. The average Bonchev–Trinajstić information content (AvgIpc) is 3.27. The molecule has 1 N–H and O–H groups in total. The molecule has 1 aromatic heterocycles. The lowest BCUT2D eigenvalue weighted by Crippen LogP contribution is -2.32. The van der Waals surface area contributed by atoms with Crippen LogP contribution in [0.1, 0.15) is 37.0 Å². The molecule has 0 unspecified atom stereocenters. The number of carbonyl (C=O) groups excluding carboxylic acids is 1. The molecule has 32 heavy (non-hydrogen) atoms. The second-order valence-corrected chi connectivity index (χ2v) is 9.95. The summed E-state index contributed by atoms with van der Waals surface area (Å²) in [6.07, 6.45) is 1.48. The summed E-state index contributed by atoms with van der Waals surface area (Å²) in [7, 11) is -1.97. The number of thiazole rings is 1. The molecule has 1 amide bonds. The lowest BCUT2D eigenvalue weighted by molar-refractivity contribution is 0.102. The molecule has 0 saturated heterocycles. The number of benzene rings is 2. The lowest BCUT2D eigenvalue weighted by Gasteiger charge is -2.21. The van der Waals surface area contributed by atoms with Crippen LogP contribution in [0.2, 0.25) is 0 Å². The Morgan fingerprint density at radius 1 is 1.09 bits per heavy atom. The number of amides is 1. The van der Waals surface area contributed by atoms with Gasteiger partial charge in [0.2, 0.25) is 10.0 Å². The number of nitrogens with one attached hydrogen (secondary N) is 1. The molecule has 0 bridgehead atoms. The zero-order valence-electron chi connectivity index (χ0n) is 18.4. The summed E-state index contributed by atoms with van der Waals surface area (Å²) in [5, 5.41) is 5.09. The van der Waals surface area contributed by atoms with Crippen LogP contribution in [0, 0.1) is 0 Å². The molecule has 0 saturated carbocycles. The Morgan fingerprint density at radius 3 is 2.41 bits per heavy atom. The van der Waals surface area contributed by atoms with Crippen LogP contribution >= 0.6 is 11.3 Å². The minimum absolute atomic E-state index is 0.186. The van der Waals surface area contributed by atoms with E-state index in [1.165, 1.54) is 39.9 Å². The van der Waals surface area contributed by atoms with Crippen molar-refractivity contribution in [2.45, 2.75) is 31.6 Å². The third kappa shape index (κ3) is 5.53. The van der Waals surface area contributed by atoms with Crippen molar-refractivity contribution in [1.29, 1.82) is 0 Å². The number of ether oxygens (including phenoxy) is 1. The number of carbonyl (C=O) groups is 1. The van der Waals surface area contributed by atoms with Crippen molar-refractivity contribution in [3.63, 3.8) is 0 Å². The first-order chi connectivity index (χ1) is 15.4. The summed E-state index contributed by atoms with van der Waals surface area (Å²) >= 11 is 1.32. The normalized spacial score (nSPS) is 11.5. The predicted molar refractivity (Wildman–Crippen MR) is 128 cm³/mol. The van der Waals surface area contributed by atoms with Crippen LogP contribution < -0.4 is 10.1 Å². The summed E-state index contributed by atoms with van der Waals surface area (Å²) < 4.78 is 32.5. The Kier molecular flexibility index (Phi) is 8.00. The molecule has 2 aromatic carbocycles. The highest BCUT2D eigenvalue weighted by atomic mass is 32.2. The van der Waals surface area contributed by atoms with Crippen molar-refractivity contribution in [1.82, 2.24) is 9.29 Å². The summed E-state index contributed by atoms with van der Waals surface area (Å²) in [6.45, 7) is 4.84. The van der Waals surface area contributed by atoms with Gasteiger partial charge in [0.25, 0.3) is 5.91 Å². The Hall–Kier alpha value is -2.75. The highest BCUT2D eigenvalue weighted by Gasteiger charge is 2.23. The molecule has 7 nitrogen and oxygen atoms in total. The lowest BCUT2D eigenvalue weighted by atomic mass is 10.2. The predicted octanol–water partition coefficient (Wildman–Crippen LogP) is 4.88. The first kappa shape index (κ1) is 23.9. The van der Waals surface area contributed by atoms with E-state index in [4.69, 9.17) is 4.74 Å². The van der Waals surface area contributed by atoms with Gasteiger partial charge in [0.05, 0.1) is 17.7 Å². The molecule has 0 spiro atoms. The molecular formula is C23H27N3O4S2. The van der Waals surface area contributed by atoms with Gasteiger partial charge in [-0.25, -0.2) is 13.4 Å². The number of aromatic nitrogens is 1. The van der Waals surface area contributed by atoms with E-state index in [1.807, 2.05) is 43.5 Å². The fourth-order valence-corrected chi connectivity index (χ4v) is 5.53. The molecular weight excluding hydrogens is 446 g/mol. The second-order valence-electron chi connectivity index (χ2n) is 7.15. The van der Waals surface area contributed by atoms with E-state index in [9.17, 15) is 13.2 Å². The summed E-state index contributed by atoms with van der Waals surface area (Å²) in [5.74, 6) is 0.382. The molecule has 9 heteroatoms. The van der Waals surface area contributed by atoms with Crippen LogP contribution in [0.3, 0.4) is 0 Å². The van der Waals surface area contributed by atoms with Crippen molar-refractivity contribution < 1.29 is 17.9 Å². The highest BCUT2D eigenvalue weighted by Crippen LogP contribution is 2.28. The van der Waals surface area contributed by atoms with Gasteiger partial charge in [0.1, 0.15) is 5.75 Å². The number of anilines is 1. The van der Waals surface area contributed by atoms with Crippen LogP contribution in [0.15, 0.2) is 58.8 Å². The molecule has 0 aliphatic heterocycles. The van der Waals surface area contributed by atoms with Gasteiger partial charge in [-0.15, -0.1) is 11.3 Å². The minimum Gasteiger partial charge on any atom is -0.497 e. The van der Waals surface area contributed by atoms with Crippen molar-refractivity contribution >= 4 is 32.4 Å². The quantitative estimate of drug-likeness (QED) is 0.453. The van der Waals surface area contributed by atoms with Gasteiger partial charge in [-0.3, -0.25) is 10.1 Å². The monoisotopic (exact) mass is 473 g/mol. The summed E-state index contributed by atoms with van der Waals surface area (Å²) in [6, 6.07) is 13.5. The zero-order chi connectivity index (χ0) is 23.1. The van der Waals surface area contributed by atoms with E-state index >= 15 is 0 Å². The van der Waals surface area contributed by atoms with E-state index in [0.717, 1.165) is 29.8 Å². The van der Waals surface area contributed by atoms with E-state index in [1.54, 1.807) is 7.11 Å². The third-order valence-corrected chi connectivity index (χ3v) is 7.46. The maximum atomic E-state index is 12.9. The topological polar surface area (TPSA) is 88.6 Å². The maximum Gasteiger partial charge on any atom is 0.257 e. The van der Waals surface area contributed by atoms with Crippen LogP contribution in [-0.4, -0.2) is 43.8 Å². The maximum absolute atomic E-state index is 12.9. The van der Waals surface area contributed by atoms with E-state index in [-0.39, 0.29) is 10.8 Å². The van der Waals surface area contributed by atoms with Gasteiger partial charge in [-0.05, 0) is 49.2 Å². The molecule has 0 atom stereocenters. The smallest absolute Gasteiger partial charge is 0.257 e. The van der Waals surface area contributed by atoms with Gasteiger partial charge in [-0.2, -0.15) is 4.31 Å². The van der Waals surface area contributed by atoms with Crippen molar-refractivity contribution in [3.8, 4) is 17.0 Å². The minimum atomic E-state index is -3.58. The third-order valence-electron chi connectivity index (χ3n) is 4.79. The number of rotatable bonds is 10. The fraction of sp³-hybridized carbons (Fsp3) is 0.304. The number of sulfonamides is 1. The van der Waals surface area contributed by atoms with Crippen LogP contribution in [-0.2, 0) is 10.0 Å². The molecule has 0 radical (unpaired) electrons. The van der Waals surface area contributed by atoms with Gasteiger partial charge in [-0.1, -0.05) is 26.0 Å². The Morgan fingerprint density at radius 2 is 1.78 bits per heavy atom. The van der Waals surface area contributed by atoms with Crippen LogP contribution in [0.4, 0.5) is 5.13 Å². The van der Waals surface area contributed by atoms with Crippen molar-refractivity contribution in [3.05, 3.63) is 59.5 Å². The standard InChI is InChI=1S/C23H27N3O4S2/c1-4-13-26(14-5-2)32(28,29)20-11-9-17(10-12-20)22(27)25-23-24-21(16-31-23)18-7-6-8-19(15-18)30-3/h6-12,15-16H,4-5,13-14H2,1-3H3,(H,24,25,27). The van der Waals surface area contributed by atoms with Crippen LogP contribution in [0.25, 0.3) is 11.3 Å². The molecule has 1 heterocycles. The summed E-state index contributed by atoms with van der Waals surface area (Å²) in [4.78, 5) is 17.3. The molecule has 0 fully saturated rings. The van der Waals surface area contributed by atoms with Gasteiger partial charge >= 0.3 is 0 Å². The SMILES string of the molecule is CCCN(CCC)S(=O)(=O)c1ccc(C(=O)Nc2nc(-c3cccc(OC)c3)cs2)cc1. The second kappa shape index (κ2) is 10.7. The molecule has 170 valence electrons. The Balaban J connectivity index is 1.72. The van der Waals surface area contributed by atoms with Gasteiger partial charge < -0.3 is 4.74 Å². The Labute approximate surface area is 193 Å². The van der Waals surface area contributed by atoms with E-state index in [2.05, 4.69) is 10.3 Å².